The van der Waals surface area contributed by atoms with E-state index in [4.69, 9.17) is 4.74 Å². The minimum Gasteiger partial charge on any atom is -0.377 e. The molecule has 1 atom stereocenters. The zero-order valence-electron chi connectivity index (χ0n) is 15.4. The average molecular weight is 446 g/mol. The molecule has 1 heterocycles. The van der Waals surface area contributed by atoms with E-state index in [1.54, 1.807) is 14.2 Å². The van der Waals surface area contributed by atoms with E-state index in [2.05, 4.69) is 65.6 Å². The van der Waals surface area contributed by atoms with Crippen molar-refractivity contribution in [1.82, 2.24) is 10.6 Å². The van der Waals surface area contributed by atoms with Gasteiger partial charge < -0.3 is 20.3 Å². The molecule has 5 nitrogen and oxygen atoms in total. The Bertz CT molecular complexity index is 548. The summed E-state index contributed by atoms with van der Waals surface area (Å²) < 4.78 is 5.42. The Morgan fingerprint density at radius 3 is 2.71 bits per heavy atom. The molecule has 0 aliphatic carbocycles. The second-order valence-electron chi connectivity index (χ2n) is 6.69. The Morgan fingerprint density at radius 1 is 1.33 bits per heavy atom. The summed E-state index contributed by atoms with van der Waals surface area (Å²) >= 11 is 0. The van der Waals surface area contributed by atoms with E-state index in [9.17, 15) is 0 Å². The van der Waals surface area contributed by atoms with Crippen LogP contribution in [0, 0.1) is 0 Å². The number of para-hydroxylation sites is 1. The molecule has 0 saturated carbocycles. The summed E-state index contributed by atoms with van der Waals surface area (Å²) in [6, 6.07) is 9.23. The Kier molecular flexibility index (Phi) is 8.29. The van der Waals surface area contributed by atoms with Crippen LogP contribution in [-0.2, 0) is 11.2 Å². The third-order valence-electron chi connectivity index (χ3n) is 4.45. The lowest BCUT2D eigenvalue weighted by Crippen LogP contribution is -2.47. The lowest BCUT2D eigenvalue weighted by molar-refractivity contribution is 0.0268. The highest BCUT2D eigenvalue weighted by molar-refractivity contribution is 14.0. The number of benzene rings is 1. The van der Waals surface area contributed by atoms with Gasteiger partial charge in [0.1, 0.15) is 0 Å². The van der Waals surface area contributed by atoms with Crippen LogP contribution in [0.3, 0.4) is 0 Å². The molecule has 24 heavy (non-hydrogen) atoms. The zero-order valence-corrected chi connectivity index (χ0v) is 17.8. The number of halogens is 1. The number of guanidine groups is 1. The van der Waals surface area contributed by atoms with Crippen LogP contribution in [0.25, 0.3) is 0 Å². The van der Waals surface area contributed by atoms with Crippen LogP contribution in [0.4, 0.5) is 5.69 Å². The van der Waals surface area contributed by atoms with Crippen LogP contribution in [0.5, 0.6) is 0 Å². The van der Waals surface area contributed by atoms with Gasteiger partial charge >= 0.3 is 0 Å². The molecule has 1 aliphatic rings. The molecule has 0 saturated heterocycles. The first-order valence-corrected chi connectivity index (χ1v) is 8.31. The quantitative estimate of drug-likeness (QED) is 0.401. The standard InChI is InChI=1S/C18H30N4O.HI/c1-14-12-15-8-6-7-9-16(15)22(14)11-10-20-17(19-4)21-13-18(2,3)23-5;/h6-9,14H,10-13H2,1-5H3,(H2,19,20,21);1H. The van der Waals surface area contributed by atoms with Gasteiger partial charge in [-0.05, 0) is 38.8 Å². The number of anilines is 1. The first kappa shape index (κ1) is 21.0. The van der Waals surface area contributed by atoms with Gasteiger partial charge in [0.25, 0.3) is 0 Å². The molecule has 2 N–H and O–H groups in total. The second kappa shape index (κ2) is 9.46. The number of fused-ring (bicyclic) bond motifs is 1. The molecule has 1 aromatic carbocycles. The van der Waals surface area contributed by atoms with Crippen LogP contribution in [0.2, 0.25) is 0 Å². The summed E-state index contributed by atoms with van der Waals surface area (Å²) in [5.74, 6) is 0.815. The minimum atomic E-state index is -0.208. The molecule has 6 heteroatoms. The third kappa shape index (κ3) is 5.51. The Hall–Kier alpha value is -1.02. The van der Waals surface area contributed by atoms with Crippen molar-refractivity contribution in [2.45, 2.75) is 38.8 Å². The molecule has 0 spiro atoms. The Morgan fingerprint density at radius 2 is 2.04 bits per heavy atom. The highest BCUT2D eigenvalue weighted by Gasteiger charge is 2.24. The Labute approximate surface area is 163 Å². The maximum absolute atomic E-state index is 5.42. The molecule has 2 rings (SSSR count). The van der Waals surface area contributed by atoms with Crippen molar-refractivity contribution in [3.05, 3.63) is 29.8 Å². The SMILES string of the molecule is CN=C(NCCN1c2ccccc2CC1C)NCC(C)(C)OC.I. The highest BCUT2D eigenvalue weighted by atomic mass is 127. The molecule has 1 aliphatic heterocycles. The number of hydrogen-bond donors (Lipinski definition) is 2. The van der Waals surface area contributed by atoms with Crippen LogP contribution in [0.15, 0.2) is 29.3 Å². The van der Waals surface area contributed by atoms with Crippen molar-refractivity contribution in [3.63, 3.8) is 0 Å². The summed E-state index contributed by atoms with van der Waals surface area (Å²) in [7, 11) is 3.52. The summed E-state index contributed by atoms with van der Waals surface area (Å²) in [4.78, 5) is 6.74. The fraction of sp³-hybridized carbons (Fsp3) is 0.611. The number of hydrogen-bond acceptors (Lipinski definition) is 3. The van der Waals surface area contributed by atoms with Crippen molar-refractivity contribution in [1.29, 1.82) is 0 Å². The summed E-state index contributed by atoms with van der Waals surface area (Å²) in [6.45, 7) is 8.92. The van der Waals surface area contributed by atoms with Gasteiger partial charge in [0.2, 0.25) is 0 Å². The van der Waals surface area contributed by atoms with Gasteiger partial charge in [-0.3, -0.25) is 4.99 Å². The van der Waals surface area contributed by atoms with E-state index < -0.39 is 0 Å². The van der Waals surface area contributed by atoms with Crippen LogP contribution >= 0.6 is 24.0 Å². The van der Waals surface area contributed by atoms with Crippen molar-refractivity contribution in [2.24, 2.45) is 4.99 Å². The van der Waals surface area contributed by atoms with E-state index in [-0.39, 0.29) is 29.6 Å². The predicted molar refractivity (Wildman–Crippen MR) is 113 cm³/mol. The number of rotatable bonds is 6. The van der Waals surface area contributed by atoms with Gasteiger partial charge in [-0.15, -0.1) is 24.0 Å². The molecule has 0 aromatic heterocycles. The van der Waals surface area contributed by atoms with Gasteiger partial charge in [0.15, 0.2) is 5.96 Å². The number of nitrogens with zero attached hydrogens (tertiary/aromatic N) is 2. The lowest BCUT2D eigenvalue weighted by atomic mass is 10.1. The average Bonchev–Trinajstić information content (AvgIpc) is 2.86. The number of ether oxygens (including phenoxy) is 1. The molecule has 0 amide bonds. The van der Waals surface area contributed by atoms with Crippen molar-refractivity contribution >= 4 is 35.6 Å². The van der Waals surface area contributed by atoms with Crippen molar-refractivity contribution in [2.75, 3.05) is 38.7 Å². The van der Waals surface area contributed by atoms with Gasteiger partial charge in [0, 0.05) is 45.5 Å². The van der Waals surface area contributed by atoms with Crippen molar-refractivity contribution in [3.8, 4) is 0 Å². The topological polar surface area (TPSA) is 48.9 Å². The number of nitrogens with one attached hydrogen (secondary N) is 2. The first-order chi connectivity index (χ1) is 11.0. The van der Waals surface area contributed by atoms with Crippen molar-refractivity contribution < 1.29 is 4.74 Å². The molecule has 1 aromatic rings. The predicted octanol–water partition coefficient (Wildman–Crippen LogP) is 2.65. The fourth-order valence-electron chi connectivity index (χ4n) is 2.85. The summed E-state index contributed by atoms with van der Waals surface area (Å²) in [5.41, 5.74) is 2.61. The molecule has 0 fully saturated rings. The van der Waals surface area contributed by atoms with E-state index in [1.807, 2.05) is 0 Å². The number of methoxy groups -OCH3 is 1. The van der Waals surface area contributed by atoms with Crippen LogP contribution in [-0.4, -0.2) is 51.4 Å². The van der Waals surface area contributed by atoms with Gasteiger partial charge in [0.05, 0.1) is 5.60 Å². The van der Waals surface area contributed by atoms with Gasteiger partial charge in [-0.2, -0.15) is 0 Å². The summed E-state index contributed by atoms with van der Waals surface area (Å²) in [5, 5.41) is 6.70. The zero-order chi connectivity index (χ0) is 16.9. The van der Waals surface area contributed by atoms with E-state index in [0.717, 1.165) is 25.5 Å². The molecular weight excluding hydrogens is 415 g/mol. The smallest absolute Gasteiger partial charge is 0.191 e. The minimum absolute atomic E-state index is 0. The Balaban J connectivity index is 0.00000288. The largest absolute Gasteiger partial charge is 0.377 e. The van der Waals surface area contributed by atoms with Gasteiger partial charge in [-0.25, -0.2) is 0 Å². The lowest BCUT2D eigenvalue weighted by Gasteiger charge is -2.27. The molecule has 0 radical (unpaired) electrons. The van der Waals surface area contributed by atoms with E-state index in [0.29, 0.717) is 12.6 Å². The van der Waals surface area contributed by atoms with Gasteiger partial charge in [-0.1, -0.05) is 18.2 Å². The molecular formula is C18H31IN4O. The normalized spacial score (nSPS) is 17.3. The van der Waals surface area contributed by atoms with Crippen LogP contribution in [0.1, 0.15) is 26.3 Å². The second-order valence-corrected chi connectivity index (χ2v) is 6.69. The summed E-state index contributed by atoms with van der Waals surface area (Å²) in [6.07, 6.45) is 1.13. The fourth-order valence-corrected chi connectivity index (χ4v) is 2.85. The van der Waals surface area contributed by atoms with Crippen LogP contribution < -0.4 is 15.5 Å². The molecule has 136 valence electrons. The third-order valence-corrected chi connectivity index (χ3v) is 4.45. The molecule has 0 bridgehead atoms. The van der Waals surface area contributed by atoms with E-state index >= 15 is 0 Å². The maximum atomic E-state index is 5.42. The first-order valence-electron chi connectivity index (χ1n) is 8.31. The monoisotopic (exact) mass is 446 g/mol. The molecule has 1 unspecified atom stereocenters. The van der Waals surface area contributed by atoms with E-state index in [1.165, 1.54) is 11.3 Å². The number of aliphatic imine (C=N–C) groups is 1. The highest BCUT2D eigenvalue weighted by Crippen LogP contribution is 2.31. The maximum Gasteiger partial charge on any atom is 0.191 e.